The van der Waals surface area contributed by atoms with Gasteiger partial charge in [0.05, 0.1) is 6.10 Å². The van der Waals surface area contributed by atoms with Gasteiger partial charge in [-0.05, 0) is 6.42 Å². The van der Waals surface area contributed by atoms with E-state index >= 15 is 0 Å². The third-order valence-corrected chi connectivity index (χ3v) is 4.57. The predicted octanol–water partition coefficient (Wildman–Crippen LogP) is -0.763. The molecule has 0 amide bonds. The van der Waals surface area contributed by atoms with Crippen LogP contribution in [-0.2, 0) is 4.74 Å². The lowest BCUT2D eigenvalue weighted by atomic mass is 9.94. The van der Waals surface area contributed by atoms with Gasteiger partial charge in [0.1, 0.15) is 29.8 Å². The predicted molar refractivity (Wildman–Crippen MR) is 69.5 cm³/mol. The van der Waals surface area contributed by atoms with Gasteiger partial charge in [-0.1, -0.05) is 18.7 Å². The summed E-state index contributed by atoms with van der Waals surface area (Å²) >= 11 is 1.41. The van der Waals surface area contributed by atoms with E-state index in [2.05, 4.69) is 4.99 Å². The van der Waals surface area contributed by atoms with Crippen molar-refractivity contribution in [1.29, 1.82) is 0 Å². The topological polar surface area (TPSA) is 85.5 Å². The molecule has 0 radical (unpaired) electrons. The second-order valence-corrected chi connectivity index (χ2v) is 5.91. The SMILES string of the molecule is CC[C@H](O)[C@H]1O[C@@H]2SC(N(C)C)=N[C@@H]2[C@@H](O)[C@@H]1O. The zero-order valence-electron chi connectivity index (χ0n) is 10.7. The molecule has 7 heteroatoms. The van der Waals surface area contributed by atoms with Gasteiger partial charge in [-0.15, -0.1) is 0 Å². The number of aliphatic hydroxyl groups is 3. The zero-order valence-corrected chi connectivity index (χ0v) is 11.5. The second kappa shape index (κ2) is 5.34. The van der Waals surface area contributed by atoms with Gasteiger partial charge in [0, 0.05) is 14.1 Å². The number of nitrogens with zero attached hydrogens (tertiary/aromatic N) is 2. The van der Waals surface area contributed by atoms with Crippen molar-refractivity contribution in [3.05, 3.63) is 0 Å². The first-order valence-corrected chi connectivity index (χ1v) is 6.95. The molecule has 0 aromatic carbocycles. The normalized spacial score (nSPS) is 41.2. The first-order chi connectivity index (χ1) is 8.45. The highest BCUT2D eigenvalue weighted by Crippen LogP contribution is 2.37. The van der Waals surface area contributed by atoms with E-state index in [-0.39, 0.29) is 5.44 Å². The summed E-state index contributed by atoms with van der Waals surface area (Å²) in [5, 5.41) is 30.6. The third kappa shape index (κ3) is 2.37. The Kier molecular flexibility index (Phi) is 4.18. The van der Waals surface area contributed by atoms with Crippen LogP contribution >= 0.6 is 11.8 Å². The lowest BCUT2D eigenvalue weighted by Crippen LogP contribution is -2.58. The fourth-order valence-corrected chi connectivity index (χ4v) is 3.29. The summed E-state index contributed by atoms with van der Waals surface area (Å²) in [6, 6.07) is -0.470. The molecule has 0 aliphatic carbocycles. The van der Waals surface area contributed by atoms with Crippen molar-refractivity contribution in [1.82, 2.24) is 4.90 Å². The van der Waals surface area contributed by atoms with Crippen molar-refractivity contribution in [3.8, 4) is 0 Å². The maximum atomic E-state index is 10.1. The van der Waals surface area contributed by atoms with Gasteiger partial charge in [0.2, 0.25) is 0 Å². The van der Waals surface area contributed by atoms with Crippen LogP contribution in [0.2, 0.25) is 0 Å². The van der Waals surface area contributed by atoms with E-state index in [1.807, 2.05) is 25.9 Å². The van der Waals surface area contributed by atoms with Crippen molar-refractivity contribution < 1.29 is 20.1 Å². The summed E-state index contributed by atoms with van der Waals surface area (Å²) < 4.78 is 5.69. The number of aliphatic imine (C=N–C) groups is 1. The molecular formula is C11H20N2O4S. The minimum atomic E-state index is -1.10. The molecule has 18 heavy (non-hydrogen) atoms. The molecule has 0 saturated carbocycles. The summed E-state index contributed by atoms with van der Waals surface area (Å²) in [4.78, 5) is 6.19. The average Bonchev–Trinajstić information content (AvgIpc) is 2.77. The fourth-order valence-electron chi connectivity index (χ4n) is 2.14. The first-order valence-electron chi connectivity index (χ1n) is 6.07. The summed E-state index contributed by atoms with van der Waals surface area (Å²) in [5.74, 6) is 0. The smallest absolute Gasteiger partial charge is 0.161 e. The maximum absolute atomic E-state index is 10.1. The number of hydrogen-bond donors (Lipinski definition) is 3. The number of fused-ring (bicyclic) bond motifs is 1. The van der Waals surface area contributed by atoms with Crippen LogP contribution in [0.4, 0.5) is 0 Å². The minimum absolute atomic E-state index is 0.341. The van der Waals surface area contributed by atoms with Crippen molar-refractivity contribution in [2.45, 2.75) is 49.2 Å². The third-order valence-electron chi connectivity index (χ3n) is 3.27. The molecule has 104 valence electrons. The maximum Gasteiger partial charge on any atom is 0.161 e. The molecule has 2 aliphatic heterocycles. The van der Waals surface area contributed by atoms with Gasteiger partial charge in [-0.2, -0.15) is 0 Å². The van der Waals surface area contributed by atoms with E-state index in [0.29, 0.717) is 6.42 Å². The van der Waals surface area contributed by atoms with E-state index in [4.69, 9.17) is 4.74 Å². The Hall–Kier alpha value is -0.340. The van der Waals surface area contributed by atoms with E-state index in [1.54, 1.807) is 0 Å². The van der Waals surface area contributed by atoms with Crippen LogP contribution in [0.1, 0.15) is 13.3 Å². The van der Waals surface area contributed by atoms with Crippen LogP contribution in [0, 0.1) is 0 Å². The van der Waals surface area contributed by atoms with Crippen LogP contribution in [0.3, 0.4) is 0 Å². The lowest BCUT2D eigenvalue weighted by Gasteiger charge is -2.40. The molecule has 6 atom stereocenters. The zero-order chi connectivity index (χ0) is 13.4. The second-order valence-electron chi connectivity index (χ2n) is 4.84. The molecule has 3 N–H and O–H groups in total. The highest BCUT2D eigenvalue weighted by Gasteiger charge is 2.50. The number of ether oxygens (including phenoxy) is 1. The molecule has 2 aliphatic rings. The van der Waals surface area contributed by atoms with Crippen molar-refractivity contribution in [3.63, 3.8) is 0 Å². The van der Waals surface area contributed by atoms with Crippen LogP contribution in [0.25, 0.3) is 0 Å². The van der Waals surface area contributed by atoms with E-state index in [0.717, 1.165) is 5.17 Å². The van der Waals surface area contributed by atoms with E-state index in [9.17, 15) is 15.3 Å². The highest BCUT2D eigenvalue weighted by atomic mass is 32.2. The number of thioether (sulfide) groups is 1. The number of hydrogen-bond acceptors (Lipinski definition) is 7. The van der Waals surface area contributed by atoms with Crippen molar-refractivity contribution >= 4 is 16.9 Å². The molecule has 0 spiro atoms. The quantitative estimate of drug-likeness (QED) is 0.614. The van der Waals surface area contributed by atoms with Gasteiger partial charge >= 0.3 is 0 Å². The highest BCUT2D eigenvalue weighted by molar-refractivity contribution is 8.14. The van der Waals surface area contributed by atoms with Gasteiger partial charge in [0.15, 0.2) is 5.17 Å². The molecule has 2 rings (SSSR count). The minimum Gasteiger partial charge on any atom is -0.390 e. The van der Waals surface area contributed by atoms with E-state index < -0.39 is 30.5 Å². The molecule has 1 saturated heterocycles. The van der Waals surface area contributed by atoms with Gasteiger partial charge in [0.25, 0.3) is 0 Å². The number of aliphatic hydroxyl groups excluding tert-OH is 3. The summed E-state index contributed by atoms with van der Waals surface area (Å²) in [7, 11) is 3.73. The lowest BCUT2D eigenvalue weighted by molar-refractivity contribution is -0.185. The first kappa shape index (κ1) is 14.1. The average molecular weight is 276 g/mol. The van der Waals surface area contributed by atoms with Crippen molar-refractivity contribution in [2.75, 3.05) is 14.1 Å². The van der Waals surface area contributed by atoms with Crippen LogP contribution in [0.5, 0.6) is 0 Å². The van der Waals surface area contributed by atoms with Gasteiger partial charge in [-0.25, -0.2) is 0 Å². The standard InChI is InChI=1S/C11H20N2O4S/c1-4-5(14)9-8(16)7(15)6-10(17-9)18-11(12-6)13(2)3/h5-10,14-16H,4H2,1-3H3/t5-,6+,7+,8-,9+,10+/m0/s1. The number of amidine groups is 1. The summed E-state index contributed by atoms with van der Waals surface area (Å²) in [5.41, 5.74) is -0.341. The molecule has 0 aromatic rings. The van der Waals surface area contributed by atoms with Crippen LogP contribution < -0.4 is 0 Å². The van der Waals surface area contributed by atoms with Crippen LogP contribution in [0.15, 0.2) is 4.99 Å². The Morgan fingerprint density at radius 2 is 2.06 bits per heavy atom. The molecule has 6 nitrogen and oxygen atoms in total. The summed E-state index contributed by atoms with van der Waals surface area (Å²) in [6.07, 6.45) is -3.17. The largest absolute Gasteiger partial charge is 0.390 e. The Bertz CT molecular complexity index is 339. The molecule has 1 fully saturated rings. The fraction of sp³-hybridized carbons (Fsp3) is 0.909. The molecule has 0 unspecified atom stereocenters. The molecular weight excluding hydrogens is 256 g/mol. The monoisotopic (exact) mass is 276 g/mol. The van der Waals surface area contributed by atoms with Gasteiger partial charge < -0.3 is 25.0 Å². The Balaban J connectivity index is 2.14. The van der Waals surface area contributed by atoms with E-state index in [1.165, 1.54) is 11.8 Å². The van der Waals surface area contributed by atoms with Crippen LogP contribution in [-0.4, -0.2) is 75.4 Å². The Morgan fingerprint density at radius 3 is 2.61 bits per heavy atom. The Labute approximate surface area is 111 Å². The molecule has 0 aromatic heterocycles. The van der Waals surface area contributed by atoms with Gasteiger partial charge in [-0.3, -0.25) is 4.99 Å². The molecule has 2 heterocycles. The molecule has 0 bridgehead atoms. The Morgan fingerprint density at radius 1 is 1.39 bits per heavy atom. The van der Waals surface area contributed by atoms with Crippen molar-refractivity contribution in [2.24, 2.45) is 4.99 Å². The number of rotatable bonds is 2. The summed E-state index contributed by atoms with van der Waals surface area (Å²) in [6.45, 7) is 1.81.